The number of hydrogen-bond donors (Lipinski definition) is 2. The normalized spacial score (nSPS) is 13.8. The number of nitrogens with one attached hydrogen (secondary N) is 2. The van der Waals surface area contributed by atoms with E-state index in [2.05, 4.69) is 20.6 Å². The second-order valence-electron chi connectivity index (χ2n) is 13.3. The van der Waals surface area contributed by atoms with Gasteiger partial charge >= 0.3 is 0 Å². The number of benzene rings is 4. The Morgan fingerprint density at radius 2 is 1.20 bits per heavy atom. The number of imide groups is 2. The van der Waals surface area contributed by atoms with Crippen LogP contribution >= 0.6 is 0 Å². The van der Waals surface area contributed by atoms with Gasteiger partial charge in [-0.05, 0) is 67.2 Å². The highest BCUT2D eigenvalue weighted by molar-refractivity contribution is 6.26. The van der Waals surface area contributed by atoms with Gasteiger partial charge in [-0.3, -0.25) is 33.8 Å². The lowest BCUT2D eigenvalue weighted by Gasteiger charge is -2.30. The van der Waals surface area contributed by atoms with Gasteiger partial charge in [0, 0.05) is 90.8 Å². The highest BCUT2D eigenvalue weighted by atomic mass is 16.2. The van der Waals surface area contributed by atoms with Crippen molar-refractivity contribution in [1.82, 2.24) is 44.4 Å². The van der Waals surface area contributed by atoms with Crippen molar-refractivity contribution in [1.29, 1.82) is 0 Å². The number of likely N-dealkylation sites (N-methyl/N-ethyl adjacent to an activating group) is 1. The molecule has 0 aliphatic carbocycles. The Kier molecular flexibility index (Phi) is 9.27. The fourth-order valence-corrected chi connectivity index (χ4v) is 7.37. The number of aromatic nitrogens is 4. The average molecular weight is 724 g/mol. The minimum absolute atomic E-state index is 0.0294. The van der Waals surface area contributed by atoms with Gasteiger partial charge in [0.25, 0.3) is 23.6 Å². The van der Waals surface area contributed by atoms with Gasteiger partial charge in [0.15, 0.2) is 0 Å². The minimum atomic E-state index is -0.410. The van der Waals surface area contributed by atoms with E-state index in [0.29, 0.717) is 59.1 Å². The summed E-state index contributed by atoms with van der Waals surface area (Å²) in [5, 5.41) is 9.06. The molecule has 8 rings (SSSR count). The summed E-state index contributed by atoms with van der Waals surface area (Å²) in [5.41, 5.74) is 3.36. The molecule has 2 N–H and O–H groups in total. The van der Waals surface area contributed by atoms with Crippen LogP contribution in [0.2, 0.25) is 0 Å². The summed E-state index contributed by atoms with van der Waals surface area (Å²) < 4.78 is 3.63. The number of nitrogens with zero attached hydrogens (tertiary/aromatic N) is 7. The van der Waals surface area contributed by atoms with E-state index in [1.54, 1.807) is 79.7 Å². The molecule has 0 unspecified atom stereocenters. The van der Waals surface area contributed by atoms with E-state index in [-0.39, 0.29) is 43.9 Å². The lowest BCUT2D eigenvalue weighted by atomic mass is 9.93. The minimum Gasteiger partial charge on any atom is -0.340 e. The van der Waals surface area contributed by atoms with E-state index in [9.17, 15) is 24.0 Å². The van der Waals surface area contributed by atoms with Gasteiger partial charge in [0.1, 0.15) is 0 Å². The van der Waals surface area contributed by atoms with Gasteiger partial charge < -0.3 is 24.7 Å². The van der Waals surface area contributed by atoms with Crippen LogP contribution < -0.4 is 10.6 Å². The van der Waals surface area contributed by atoms with Crippen LogP contribution in [0, 0.1) is 0 Å². The van der Waals surface area contributed by atoms with Crippen molar-refractivity contribution in [3.05, 3.63) is 120 Å². The predicted octanol–water partition coefficient (Wildman–Crippen LogP) is 3.28. The predicted molar refractivity (Wildman–Crippen MR) is 201 cm³/mol. The molecule has 2 aliphatic heterocycles. The third kappa shape index (κ3) is 6.20. The molecule has 2 aliphatic rings. The quantitative estimate of drug-likeness (QED) is 0.127. The lowest BCUT2D eigenvalue weighted by molar-refractivity contribution is -0.130. The van der Waals surface area contributed by atoms with Gasteiger partial charge in [0.05, 0.1) is 30.3 Å². The Bertz CT molecular complexity index is 2440. The SMILES string of the molecule is CNCC(=O)N(CCCNCCN1C(=O)c2cccc3cc(-n4ccnc4)cc(c23)C1=O)CCN1C(=O)c2cccc3cc(-n4ccnc4)cc(c23)C1=O. The fourth-order valence-electron chi connectivity index (χ4n) is 7.37. The number of imidazole rings is 2. The number of amides is 5. The maximum Gasteiger partial charge on any atom is 0.261 e. The highest BCUT2D eigenvalue weighted by Crippen LogP contribution is 2.34. The molecular formula is C40H37N9O5. The summed E-state index contributed by atoms with van der Waals surface area (Å²) >= 11 is 0. The fraction of sp³-hybridized carbons (Fsp3) is 0.225. The smallest absolute Gasteiger partial charge is 0.261 e. The van der Waals surface area contributed by atoms with Crippen LogP contribution in [-0.4, -0.2) is 116 Å². The van der Waals surface area contributed by atoms with Gasteiger partial charge in [-0.1, -0.05) is 24.3 Å². The average Bonchev–Trinajstić information content (AvgIpc) is 3.93. The number of rotatable bonds is 14. The Labute approximate surface area is 310 Å². The molecule has 272 valence electrons. The summed E-state index contributed by atoms with van der Waals surface area (Å²) in [6, 6.07) is 18.3. The van der Waals surface area contributed by atoms with Crippen molar-refractivity contribution in [2.75, 3.05) is 52.9 Å². The molecule has 2 aromatic heterocycles. The largest absolute Gasteiger partial charge is 0.340 e. The zero-order valence-electron chi connectivity index (χ0n) is 29.6. The summed E-state index contributed by atoms with van der Waals surface area (Å²) in [6.07, 6.45) is 10.8. The van der Waals surface area contributed by atoms with Gasteiger partial charge in [-0.15, -0.1) is 0 Å². The molecule has 0 atom stereocenters. The second kappa shape index (κ2) is 14.5. The van der Waals surface area contributed by atoms with Crippen molar-refractivity contribution in [2.24, 2.45) is 0 Å². The van der Waals surface area contributed by atoms with Crippen LogP contribution in [0.1, 0.15) is 47.9 Å². The molecule has 5 amide bonds. The molecule has 0 saturated carbocycles. The van der Waals surface area contributed by atoms with Crippen LogP contribution in [0.3, 0.4) is 0 Å². The van der Waals surface area contributed by atoms with Crippen molar-refractivity contribution >= 4 is 51.1 Å². The summed E-state index contributed by atoms with van der Waals surface area (Å²) in [7, 11) is 1.69. The summed E-state index contributed by atoms with van der Waals surface area (Å²) in [5.74, 6) is -1.65. The molecule has 4 aromatic carbocycles. The third-order valence-corrected chi connectivity index (χ3v) is 10.00. The maximum absolute atomic E-state index is 13.8. The van der Waals surface area contributed by atoms with Crippen molar-refractivity contribution in [3.63, 3.8) is 0 Å². The standard InChI is InChI=1S/C40H37N9O5/c1-41-23-34(50)45(17-18-49-38(52)31-8-3-6-27-20-29(47-15-11-44-25-47)22-33(36(27)31)40(49)54)13-4-9-42-12-16-48-37(51)30-7-2-5-26-19-28(46-14-10-43-24-46)21-32(35(26)30)39(48)53/h2-3,5-8,10-11,14-15,19-22,24-25,41-42H,4,9,12-13,16-18,23H2,1H3. The summed E-state index contributed by atoms with van der Waals surface area (Å²) in [4.78, 5) is 80.1. The van der Waals surface area contributed by atoms with Crippen molar-refractivity contribution in [2.45, 2.75) is 6.42 Å². The Morgan fingerprint density at radius 3 is 1.72 bits per heavy atom. The molecule has 0 fully saturated rings. The van der Waals surface area contributed by atoms with E-state index in [1.807, 2.05) is 39.5 Å². The molecule has 4 heterocycles. The molecule has 6 aromatic rings. The number of hydrogen-bond acceptors (Lipinski definition) is 9. The maximum atomic E-state index is 13.8. The molecule has 0 radical (unpaired) electrons. The van der Waals surface area contributed by atoms with Crippen molar-refractivity contribution in [3.8, 4) is 11.4 Å². The monoisotopic (exact) mass is 723 g/mol. The first-order valence-corrected chi connectivity index (χ1v) is 17.8. The molecule has 14 heteroatoms. The van der Waals surface area contributed by atoms with E-state index < -0.39 is 11.8 Å². The number of carbonyl (C=O) groups is 5. The van der Waals surface area contributed by atoms with E-state index in [4.69, 9.17) is 0 Å². The van der Waals surface area contributed by atoms with Crippen molar-refractivity contribution < 1.29 is 24.0 Å². The molecule has 0 saturated heterocycles. The molecular weight excluding hydrogens is 686 g/mol. The Balaban J connectivity index is 0.895. The topological polar surface area (TPSA) is 155 Å². The van der Waals surface area contributed by atoms with E-state index in [1.165, 1.54) is 9.80 Å². The summed E-state index contributed by atoms with van der Waals surface area (Å²) in [6.45, 7) is 1.69. The van der Waals surface area contributed by atoms with Gasteiger partial charge in [-0.25, -0.2) is 9.97 Å². The van der Waals surface area contributed by atoms with E-state index in [0.717, 1.165) is 22.1 Å². The van der Waals surface area contributed by atoms with Crippen LogP contribution in [-0.2, 0) is 4.79 Å². The second-order valence-corrected chi connectivity index (χ2v) is 13.3. The molecule has 14 nitrogen and oxygen atoms in total. The molecule has 54 heavy (non-hydrogen) atoms. The Hall–Kier alpha value is -6.51. The molecule has 0 spiro atoms. The Morgan fingerprint density at radius 1 is 0.667 bits per heavy atom. The first-order chi connectivity index (χ1) is 26.3. The first kappa shape index (κ1) is 34.6. The van der Waals surface area contributed by atoms with Crippen LogP contribution in [0.4, 0.5) is 0 Å². The van der Waals surface area contributed by atoms with Gasteiger partial charge in [-0.2, -0.15) is 0 Å². The zero-order chi connectivity index (χ0) is 37.3. The zero-order valence-corrected chi connectivity index (χ0v) is 29.6. The van der Waals surface area contributed by atoms with Crippen LogP contribution in [0.5, 0.6) is 0 Å². The lowest BCUT2D eigenvalue weighted by Crippen LogP contribution is -2.47. The van der Waals surface area contributed by atoms with E-state index >= 15 is 0 Å². The highest BCUT2D eigenvalue weighted by Gasteiger charge is 2.35. The molecule has 0 bridgehead atoms. The van der Waals surface area contributed by atoms with Crippen LogP contribution in [0.25, 0.3) is 32.9 Å². The van der Waals surface area contributed by atoms with Crippen LogP contribution in [0.15, 0.2) is 98.1 Å². The number of carbonyl (C=O) groups excluding carboxylic acids is 5. The van der Waals surface area contributed by atoms with Gasteiger partial charge in [0.2, 0.25) is 5.91 Å². The third-order valence-electron chi connectivity index (χ3n) is 10.00. The first-order valence-electron chi connectivity index (χ1n) is 17.8.